The number of piperazine rings is 1. The summed E-state index contributed by atoms with van der Waals surface area (Å²) in [7, 11) is 0. The van der Waals surface area contributed by atoms with E-state index in [1.807, 2.05) is 36.0 Å². The molecule has 9 heteroatoms. The van der Waals surface area contributed by atoms with E-state index in [-0.39, 0.29) is 36.4 Å². The highest BCUT2D eigenvalue weighted by Gasteiger charge is 2.27. The summed E-state index contributed by atoms with van der Waals surface area (Å²) >= 11 is 0. The van der Waals surface area contributed by atoms with Crippen LogP contribution in [0.15, 0.2) is 36.7 Å². The van der Waals surface area contributed by atoms with Crippen LogP contribution in [0, 0.1) is 11.6 Å². The molecule has 1 amide bonds. The molecule has 6 nitrogen and oxygen atoms in total. The first-order chi connectivity index (χ1) is 13.6. The lowest BCUT2D eigenvalue weighted by Crippen LogP contribution is -2.53. The number of ether oxygens (including phenoxy) is 2. The Morgan fingerprint density at radius 2 is 2.03 bits per heavy atom. The van der Waals surface area contributed by atoms with E-state index in [1.54, 1.807) is 4.90 Å². The van der Waals surface area contributed by atoms with E-state index in [1.165, 1.54) is 6.07 Å². The molecule has 1 fully saturated rings. The summed E-state index contributed by atoms with van der Waals surface area (Å²) in [5.41, 5.74) is -0.310. The first-order valence-corrected chi connectivity index (χ1v) is 9.44. The Kier molecular flexibility index (Phi) is 8.72. The molecule has 1 atom stereocenters. The largest absolute Gasteiger partial charge is 0.489 e. The Hall–Kier alpha value is -2.32. The van der Waals surface area contributed by atoms with Gasteiger partial charge in [-0.15, -0.1) is 12.4 Å². The zero-order valence-corrected chi connectivity index (χ0v) is 17.1. The molecule has 1 aromatic carbocycles. The van der Waals surface area contributed by atoms with Crippen molar-refractivity contribution in [1.29, 1.82) is 0 Å². The molecule has 0 spiro atoms. The number of carbonyl (C=O) groups is 1. The normalized spacial score (nSPS) is 16.2. The third-order valence-electron chi connectivity index (χ3n) is 4.82. The molecule has 3 rings (SSSR count). The van der Waals surface area contributed by atoms with Gasteiger partial charge in [-0.25, -0.2) is 13.6 Å². The molecule has 0 radical (unpaired) electrons. The van der Waals surface area contributed by atoms with Crippen molar-refractivity contribution in [3.05, 3.63) is 53.9 Å². The van der Waals surface area contributed by atoms with Crippen molar-refractivity contribution in [3.63, 3.8) is 0 Å². The Balaban J connectivity index is 0.00000300. The first kappa shape index (κ1) is 23.0. The summed E-state index contributed by atoms with van der Waals surface area (Å²) in [4.78, 5) is 13.9. The number of nitrogens with zero attached hydrogens (tertiary/aromatic N) is 2. The molecule has 1 unspecified atom stereocenters. The smallest absolute Gasteiger partial charge is 0.410 e. The Labute approximate surface area is 175 Å². The fraction of sp³-hybridized carbons (Fsp3) is 0.450. The average Bonchev–Trinajstić information content (AvgIpc) is 3.23. The van der Waals surface area contributed by atoms with E-state index < -0.39 is 24.3 Å². The van der Waals surface area contributed by atoms with Crippen molar-refractivity contribution in [2.24, 2.45) is 0 Å². The van der Waals surface area contributed by atoms with E-state index in [0.29, 0.717) is 26.2 Å². The van der Waals surface area contributed by atoms with Gasteiger partial charge in [-0.3, -0.25) is 0 Å². The van der Waals surface area contributed by atoms with E-state index in [9.17, 15) is 13.6 Å². The molecular formula is C20H26ClF2N3O3. The summed E-state index contributed by atoms with van der Waals surface area (Å²) in [5, 5.41) is 3.21. The fourth-order valence-electron chi connectivity index (χ4n) is 3.18. The number of aromatic nitrogens is 1. The van der Waals surface area contributed by atoms with Crippen molar-refractivity contribution in [1.82, 2.24) is 14.8 Å². The molecule has 0 aliphatic carbocycles. The van der Waals surface area contributed by atoms with Crippen molar-refractivity contribution in [2.45, 2.75) is 32.5 Å². The van der Waals surface area contributed by atoms with Crippen molar-refractivity contribution in [2.75, 3.05) is 26.2 Å². The molecule has 2 heterocycles. The Bertz CT molecular complexity index is 790. The van der Waals surface area contributed by atoms with Gasteiger partial charge < -0.3 is 24.3 Å². The second-order valence-electron chi connectivity index (χ2n) is 6.62. The maximum Gasteiger partial charge on any atom is 0.410 e. The van der Waals surface area contributed by atoms with Gasteiger partial charge >= 0.3 is 6.09 Å². The molecule has 1 N–H and O–H groups in total. The lowest BCUT2D eigenvalue weighted by atomic mass is 10.1. The Morgan fingerprint density at radius 3 is 2.76 bits per heavy atom. The monoisotopic (exact) mass is 429 g/mol. The number of hydrogen-bond donors (Lipinski definition) is 1. The van der Waals surface area contributed by atoms with Gasteiger partial charge in [0.05, 0.1) is 12.1 Å². The molecule has 1 aliphatic rings. The van der Waals surface area contributed by atoms with Crippen LogP contribution in [0.3, 0.4) is 0 Å². The van der Waals surface area contributed by atoms with E-state index in [4.69, 9.17) is 9.47 Å². The lowest BCUT2D eigenvalue weighted by Gasteiger charge is -2.34. The zero-order chi connectivity index (χ0) is 19.9. The standard InChI is InChI=1S/C20H25F2N3O3.ClH/c1-2-15-13-23-7-10-25(15)20(26)28-14-16-17(21)5-6-18(19(16)22)27-12-11-24-8-3-4-9-24;/h3-6,8-9,15,23H,2,7,10-14H2,1H3;1H. The van der Waals surface area contributed by atoms with E-state index >= 15 is 0 Å². The maximum absolute atomic E-state index is 14.6. The molecule has 160 valence electrons. The highest BCUT2D eigenvalue weighted by Crippen LogP contribution is 2.24. The SMILES string of the molecule is CCC1CNCCN1C(=O)OCc1c(F)ccc(OCCn2cccc2)c1F.Cl. The highest BCUT2D eigenvalue weighted by atomic mass is 35.5. The number of nitrogens with one attached hydrogen (secondary N) is 1. The predicted molar refractivity (Wildman–Crippen MR) is 107 cm³/mol. The molecular weight excluding hydrogens is 404 g/mol. The third kappa shape index (κ3) is 5.83. The highest BCUT2D eigenvalue weighted by molar-refractivity contribution is 5.85. The van der Waals surface area contributed by atoms with E-state index in [2.05, 4.69) is 5.32 Å². The average molecular weight is 430 g/mol. The first-order valence-electron chi connectivity index (χ1n) is 9.44. The van der Waals surface area contributed by atoms with Crippen LogP contribution in [-0.2, 0) is 17.9 Å². The van der Waals surface area contributed by atoms with Gasteiger partial charge in [-0.1, -0.05) is 6.92 Å². The molecule has 0 saturated carbocycles. The van der Waals surface area contributed by atoms with Crippen LogP contribution in [0.5, 0.6) is 5.75 Å². The number of carbonyl (C=O) groups excluding carboxylic acids is 1. The van der Waals surface area contributed by atoms with Gasteiger partial charge in [0.2, 0.25) is 0 Å². The number of amides is 1. The molecule has 1 aliphatic heterocycles. The van der Waals surface area contributed by atoms with Crippen molar-refractivity contribution < 1.29 is 23.0 Å². The number of hydrogen-bond acceptors (Lipinski definition) is 4. The van der Waals surface area contributed by atoms with Crippen molar-refractivity contribution >= 4 is 18.5 Å². The minimum atomic E-state index is -0.840. The maximum atomic E-state index is 14.6. The second kappa shape index (κ2) is 11.0. The molecule has 1 aromatic heterocycles. The number of halogens is 3. The summed E-state index contributed by atoms with van der Waals surface area (Å²) in [6.45, 7) is 4.12. The lowest BCUT2D eigenvalue weighted by molar-refractivity contribution is 0.0697. The number of rotatable bonds is 7. The van der Waals surface area contributed by atoms with Gasteiger partial charge in [0.1, 0.15) is 19.0 Å². The van der Waals surface area contributed by atoms with Crippen LogP contribution in [0.4, 0.5) is 13.6 Å². The third-order valence-corrected chi connectivity index (χ3v) is 4.82. The van der Waals surface area contributed by atoms with Gasteiger partial charge in [0.25, 0.3) is 0 Å². The van der Waals surface area contributed by atoms with Crippen LogP contribution in [0.1, 0.15) is 18.9 Å². The van der Waals surface area contributed by atoms with Crippen LogP contribution in [0.25, 0.3) is 0 Å². The molecule has 1 saturated heterocycles. The minimum absolute atomic E-state index is 0. The molecule has 29 heavy (non-hydrogen) atoms. The van der Waals surface area contributed by atoms with Crippen molar-refractivity contribution in [3.8, 4) is 5.75 Å². The van der Waals surface area contributed by atoms with Gasteiger partial charge in [0, 0.05) is 38.1 Å². The minimum Gasteiger partial charge on any atom is -0.489 e. The topological polar surface area (TPSA) is 55.7 Å². The van der Waals surface area contributed by atoms with Gasteiger partial charge in [-0.05, 0) is 30.7 Å². The summed E-state index contributed by atoms with van der Waals surface area (Å²) in [6, 6.07) is 6.14. The summed E-state index contributed by atoms with van der Waals surface area (Å²) in [6.07, 6.45) is 3.95. The predicted octanol–water partition coefficient (Wildman–Crippen LogP) is 3.59. The fourth-order valence-corrected chi connectivity index (χ4v) is 3.18. The Morgan fingerprint density at radius 1 is 1.28 bits per heavy atom. The molecule has 0 bridgehead atoms. The summed E-state index contributed by atoms with van der Waals surface area (Å²) < 4.78 is 41.3. The van der Waals surface area contributed by atoms with Crippen LogP contribution < -0.4 is 10.1 Å². The number of benzene rings is 1. The second-order valence-corrected chi connectivity index (χ2v) is 6.62. The van der Waals surface area contributed by atoms with Crippen LogP contribution in [-0.4, -0.2) is 47.8 Å². The van der Waals surface area contributed by atoms with Gasteiger partial charge in [-0.2, -0.15) is 0 Å². The quantitative estimate of drug-likeness (QED) is 0.730. The van der Waals surface area contributed by atoms with Crippen LogP contribution in [0.2, 0.25) is 0 Å². The van der Waals surface area contributed by atoms with E-state index in [0.717, 1.165) is 12.5 Å². The zero-order valence-electron chi connectivity index (χ0n) is 16.3. The van der Waals surface area contributed by atoms with Gasteiger partial charge in [0.15, 0.2) is 11.6 Å². The molecule has 2 aromatic rings. The van der Waals surface area contributed by atoms with Crippen LogP contribution >= 0.6 is 12.4 Å². The summed E-state index contributed by atoms with van der Waals surface area (Å²) in [5.74, 6) is -1.67.